The Bertz CT molecular complexity index is 223. The van der Waals surface area contributed by atoms with Gasteiger partial charge in [0.1, 0.15) is 0 Å². The van der Waals surface area contributed by atoms with E-state index in [0.29, 0.717) is 18.4 Å². The van der Waals surface area contributed by atoms with Crippen molar-refractivity contribution in [3.8, 4) is 0 Å². The molecule has 0 aromatic carbocycles. The van der Waals surface area contributed by atoms with Gasteiger partial charge in [-0.25, -0.2) is 0 Å². The SMILES string of the molecule is COCCC1(C(=O)O)CCC(C)(C)CC1. The lowest BCUT2D eigenvalue weighted by Crippen LogP contribution is -2.38. The van der Waals surface area contributed by atoms with Crippen molar-refractivity contribution in [3.63, 3.8) is 0 Å². The number of carboxylic acid groups (broad SMARTS) is 1. The highest BCUT2D eigenvalue weighted by molar-refractivity contribution is 5.74. The van der Waals surface area contributed by atoms with Crippen LogP contribution < -0.4 is 0 Å². The largest absolute Gasteiger partial charge is 0.481 e. The van der Waals surface area contributed by atoms with Gasteiger partial charge in [-0.05, 0) is 37.5 Å². The Kier molecular flexibility index (Phi) is 3.77. The maximum absolute atomic E-state index is 11.3. The van der Waals surface area contributed by atoms with Crippen LogP contribution in [0.5, 0.6) is 0 Å². The van der Waals surface area contributed by atoms with E-state index in [9.17, 15) is 9.90 Å². The highest BCUT2D eigenvalue weighted by Crippen LogP contribution is 2.47. The normalized spacial score (nSPS) is 23.7. The Balaban J connectivity index is 2.65. The van der Waals surface area contributed by atoms with Crippen LogP contribution in [0.1, 0.15) is 46.0 Å². The number of carboxylic acids is 1. The predicted molar refractivity (Wildman–Crippen MR) is 58.8 cm³/mol. The van der Waals surface area contributed by atoms with Crippen molar-refractivity contribution in [3.05, 3.63) is 0 Å². The van der Waals surface area contributed by atoms with Gasteiger partial charge in [0.2, 0.25) is 0 Å². The van der Waals surface area contributed by atoms with E-state index in [0.717, 1.165) is 25.7 Å². The first-order valence-electron chi connectivity index (χ1n) is 5.64. The molecule has 1 rings (SSSR count). The Morgan fingerprint density at radius 1 is 1.27 bits per heavy atom. The van der Waals surface area contributed by atoms with Gasteiger partial charge >= 0.3 is 5.97 Å². The van der Waals surface area contributed by atoms with E-state index in [1.807, 2.05) is 0 Å². The first-order chi connectivity index (χ1) is 6.92. The van der Waals surface area contributed by atoms with Crippen LogP contribution >= 0.6 is 0 Å². The highest BCUT2D eigenvalue weighted by atomic mass is 16.5. The monoisotopic (exact) mass is 214 g/mol. The Hall–Kier alpha value is -0.570. The van der Waals surface area contributed by atoms with Crippen LogP contribution in [0.15, 0.2) is 0 Å². The molecular formula is C12H22O3. The number of rotatable bonds is 4. The quantitative estimate of drug-likeness (QED) is 0.782. The topological polar surface area (TPSA) is 46.5 Å². The third kappa shape index (κ3) is 2.94. The second-order valence-corrected chi connectivity index (χ2v) is 5.49. The van der Waals surface area contributed by atoms with E-state index in [1.165, 1.54) is 0 Å². The molecule has 88 valence electrons. The highest BCUT2D eigenvalue weighted by Gasteiger charge is 2.43. The molecule has 0 heterocycles. The van der Waals surface area contributed by atoms with Crippen molar-refractivity contribution in [2.45, 2.75) is 46.0 Å². The molecule has 0 amide bonds. The summed E-state index contributed by atoms with van der Waals surface area (Å²) in [7, 11) is 1.63. The summed E-state index contributed by atoms with van der Waals surface area (Å²) in [4.78, 5) is 11.3. The maximum Gasteiger partial charge on any atom is 0.309 e. The van der Waals surface area contributed by atoms with Crippen molar-refractivity contribution in [1.29, 1.82) is 0 Å². The summed E-state index contributed by atoms with van der Waals surface area (Å²) in [5.41, 5.74) is -0.211. The van der Waals surface area contributed by atoms with E-state index < -0.39 is 11.4 Å². The minimum absolute atomic E-state index is 0.312. The number of ether oxygens (including phenoxy) is 1. The molecule has 0 radical (unpaired) electrons. The average molecular weight is 214 g/mol. The van der Waals surface area contributed by atoms with Gasteiger partial charge in [-0.2, -0.15) is 0 Å². The van der Waals surface area contributed by atoms with Crippen LogP contribution in [0.4, 0.5) is 0 Å². The summed E-state index contributed by atoms with van der Waals surface area (Å²) in [5, 5.41) is 9.33. The van der Waals surface area contributed by atoms with Gasteiger partial charge in [-0.1, -0.05) is 13.8 Å². The van der Waals surface area contributed by atoms with Gasteiger partial charge < -0.3 is 9.84 Å². The van der Waals surface area contributed by atoms with E-state index >= 15 is 0 Å². The fourth-order valence-corrected chi connectivity index (χ4v) is 2.27. The summed E-state index contributed by atoms with van der Waals surface area (Å²) >= 11 is 0. The molecule has 15 heavy (non-hydrogen) atoms. The third-order valence-electron chi connectivity index (χ3n) is 3.80. The van der Waals surface area contributed by atoms with Crippen molar-refractivity contribution >= 4 is 5.97 Å². The zero-order valence-electron chi connectivity index (χ0n) is 10.0. The predicted octanol–water partition coefficient (Wildman–Crippen LogP) is 2.69. The van der Waals surface area contributed by atoms with Crippen molar-refractivity contribution in [2.24, 2.45) is 10.8 Å². The van der Waals surface area contributed by atoms with Crippen LogP contribution in [0.25, 0.3) is 0 Å². The van der Waals surface area contributed by atoms with Gasteiger partial charge in [-0.15, -0.1) is 0 Å². The molecule has 0 bridgehead atoms. The molecule has 1 aliphatic carbocycles. The van der Waals surface area contributed by atoms with E-state index in [1.54, 1.807) is 7.11 Å². The summed E-state index contributed by atoms with van der Waals surface area (Å²) in [6, 6.07) is 0. The lowest BCUT2D eigenvalue weighted by Gasteiger charge is -2.40. The minimum atomic E-state index is -0.643. The van der Waals surface area contributed by atoms with E-state index in [-0.39, 0.29) is 0 Å². The molecule has 0 aromatic rings. The van der Waals surface area contributed by atoms with Gasteiger partial charge in [0, 0.05) is 13.7 Å². The van der Waals surface area contributed by atoms with Crippen LogP contribution in [0, 0.1) is 10.8 Å². The molecule has 1 aliphatic rings. The molecule has 3 nitrogen and oxygen atoms in total. The zero-order chi connectivity index (χ0) is 11.5. The first kappa shape index (κ1) is 12.5. The van der Waals surface area contributed by atoms with Gasteiger partial charge in [-0.3, -0.25) is 4.79 Å². The molecule has 1 saturated carbocycles. The first-order valence-corrected chi connectivity index (χ1v) is 5.64. The van der Waals surface area contributed by atoms with E-state index in [4.69, 9.17) is 4.74 Å². The number of methoxy groups -OCH3 is 1. The summed E-state index contributed by atoms with van der Waals surface area (Å²) in [5.74, 6) is -0.643. The van der Waals surface area contributed by atoms with Gasteiger partial charge in [0.15, 0.2) is 0 Å². The van der Waals surface area contributed by atoms with Gasteiger partial charge in [0.05, 0.1) is 5.41 Å². The number of hydrogen-bond acceptors (Lipinski definition) is 2. The third-order valence-corrected chi connectivity index (χ3v) is 3.80. The molecule has 3 heteroatoms. The number of hydrogen-bond donors (Lipinski definition) is 1. The summed E-state index contributed by atoms with van der Waals surface area (Å²) < 4.78 is 5.01. The molecule has 0 aromatic heterocycles. The average Bonchev–Trinajstić information content (AvgIpc) is 2.16. The second-order valence-electron chi connectivity index (χ2n) is 5.49. The van der Waals surface area contributed by atoms with Crippen LogP contribution in [0.3, 0.4) is 0 Å². The van der Waals surface area contributed by atoms with E-state index in [2.05, 4.69) is 13.8 Å². The molecule has 1 N–H and O–H groups in total. The minimum Gasteiger partial charge on any atom is -0.481 e. The molecule has 0 atom stereocenters. The molecule has 0 aliphatic heterocycles. The maximum atomic E-state index is 11.3. The van der Waals surface area contributed by atoms with Crippen molar-refractivity contribution in [2.75, 3.05) is 13.7 Å². The Morgan fingerprint density at radius 3 is 2.20 bits per heavy atom. The summed E-state index contributed by atoms with van der Waals surface area (Å²) in [6.45, 7) is 4.98. The van der Waals surface area contributed by atoms with Crippen LogP contribution in [-0.2, 0) is 9.53 Å². The molecule has 0 unspecified atom stereocenters. The van der Waals surface area contributed by atoms with Crippen molar-refractivity contribution < 1.29 is 14.6 Å². The molecule has 1 fully saturated rings. The second kappa shape index (κ2) is 4.52. The lowest BCUT2D eigenvalue weighted by molar-refractivity contribution is -0.153. The van der Waals surface area contributed by atoms with Crippen molar-refractivity contribution in [1.82, 2.24) is 0 Å². The Labute approximate surface area is 91.8 Å². The zero-order valence-corrected chi connectivity index (χ0v) is 10.0. The summed E-state index contributed by atoms with van der Waals surface area (Å²) in [6.07, 6.45) is 4.23. The molecular weight excluding hydrogens is 192 g/mol. The number of carbonyl (C=O) groups is 1. The van der Waals surface area contributed by atoms with Crippen LogP contribution in [0.2, 0.25) is 0 Å². The Morgan fingerprint density at radius 2 is 1.80 bits per heavy atom. The molecule has 0 saturated heterocycles. The standard InChI is InChI=1S/C12H22O3/c1-11(2)4-6-12(7-5-11,10(13)14)8-9-15-3/h4-9H2,1-3H3,(H,13,14). The lowest BCUT2D eigenvalue weighted by atomic mass is 9.64. The number of aliphatic carboxylic acids is 1. The molecule has 0 spiro atoms. The van der Waals surface area contributed by atoms with Crippen LogP contribution in [-0.4, -0.2) is 24.8 Å². The van der Waals surface area contributed by atoms with Gasteiger partial charge in [0.25, 0.3) is 0 Å². The fraction of sp³-hybridized carbons (Fsp3) is 0.917. The smallest absolute Gasteiger partial charge is 0.309 e. The fourth-order valence-electron chi connectivity index (χ4n) is 2.27.